The molecule has 1 amide bonds. The van der Waals surface area contributed by atoms with Crippen LogP contribution < -0.4 is 5.32 Å². The van der Waals surface area contributed by atoms with Crippen molar-refractivity contribution in [1.82, 2.24) is 9.97 Å². The molecule has 0 unspecified atom stereocenters. The van der Waals surface area contributed by atoms with Gasteiger partial charge in [0.15, 0.2) is 16.7 Å². The fraction of sp³-hybridized carbons (Fsp3) is 0. The Morgan fingerprint density at radius 1 is 1.20 bits per heavy atom. The normalized spacial score (nSPS) is 10.7. The van der Waals surface area contributed by atoms with Crippen LogP contribution in [0.2, 0.25) is 10.2 Å². The van der Waals surface area contributed by atoms with Crippen molar-refractivity contribution in [2.24, 2.45) is 0 Å². The van der Waals surface area contributed by atoms with Crippen molar-refractivity contribution in [2.75, 3.05) is 5.32 Å². The Balaban J connectivity index is 1.91. The maximum Gasteiger partial charge on any atom is 0.292 e. The van der Waals surface area contributed by atoms with Crippen LogP contribution >= 0.6 is 23.2 Å². The van der Waals surface area contributed by atoms with E-state index in [1.54, 1.807) is 12.1 Å². The maximum absolute atomic E-state index is 12.1. The molecule has 0 aliphatic heterocycles. The molecule has 3 aromatic rings. The monoisotopic (exact) mass is 307 g/mol. The fourth-order valence-corrected chi connectivity index (χ4v) is 1.98. The van der Waals surface area contributed by atoms with Gasteiger partial charge in [-0.2, -0.15) is 0 Å². The zero-order chi connectivity index (χ0) is 14.1. The summed E-state index contributed by atoms with van der Waals surface area (Å²) in [6.07, 6.45) is 1.21. The molecule has 0 spiro atoms. The quantitative estimate of drug-likeness (QED) is 0.731. The summed E-state index contributed by atoms with van der Waals surface area (Å²) in [5.41, 5.74) is 0.629. The van der Waals surface area contributed by atoms with Crippen molar-refractivity contribution in [2.45, 2.75) is 0 Å². The first-order chi connectivity index (χ1) is 9.65. The Labute approximate surface area is 123 Å². The lowest BCUT2D eigenvalue weighted by Crippen LogP contribution is -2.12. The van der Waals surface area contributed by atoms with Crippen molar-refractivity contribution >= 4 is 45.9 Å². The van der Waals surface area contributed by atoms with E-state index < -0.39 is 5.91 Å². The van der Waals surface area contributed by atoms with Crippen LogP contribution in [0.3, 0.4) is 0 Å². The minimum atomic E-state index is -0.460. The predicted molar refractivity (Wildman–Crippen MR) is 76.2 cm³/mol. The molecule has 0 atom stereocenters. The Hall–Kier alpha value is -2.11. The maximum atomic E-state index is 12.1. The second-order valence-corrected chi connectivity index (χ2v) is 4.67. The van der Waals surface area contributed by atoms with Gasteiger partial charge in [-0.25, -0.2) is 9.97 Å². The zero-order valence-corrected chi connectivity index (χ0v) is 11.4. The molecule has 20 heavy (non-hydrogen) atoms. The molecule has 0 aliphatic rings. The highest BCUT2D eigenvalue weighted by atomic mass is 35.5. The molecular weight excluding hydrogens is 301 g/mol. The first-order valence-electron chi connectivity index (χ1n) is 5.61. The summed E-state index contributed by atoms with van der Waals surface area (Å²) in [7, 11) is 0. The number of para-hydroxylation sites is 1. The van der Waals surface area contributed by atoms with Crippen LogP contribution in [0.1, 0.15) is 10.6 Å². The fourth-order valence-electron chi connectivity index (χ4n) is 1.70. The second-order valence-electron chi connectivity index (χ2n) is 3.93. The van der Waals surface area contributed by atoms with Crippen molar-refractivity contribution in [3.63, 3.8) is 0 Å². The number of nitrogens with one attached hydrogen (secondary N) is 1. The average Bonchev–Trinajstić information content (AvgIpc) is 2.88. The molecular formula is C13H7Cl2N3O2. The third kappa shape index (κ3) is 2.33. The minimum Gasteiger partial charge on any atom is -0.451 e. The number of benzene rings is 1. The van der Waals surface area contributed by atoms with E-state index in [1.165, 1.54) is 6.33 Å². The first-order valence-corrected chi connectivity index (χ1v) is 6.36. The number of rotatable bonds is 2. The molecule has 5 nitrogen and oxygen atoms in total. The highest BCUT2D eigenvalue weighted by Crippen LogP contribution is 2.26. The molecule has 0 bridgehead atoms. The van der Waals surface area contributed by atoms with E-state index in [0.717, 1.165) is 5.39 Å². The third-order valence-corrected chi connectivity index (χ3v) is 3.37. The van der Waals surface area contributed by atoms with Gasteiger partial charge >= 0.3 is 0 Å². The van der Waals surface area contributed by atoms with Crippen LogP contribution in [-0.2, 0) is 0 Å². The van der Waals surface area contributed by atoms with Crippen LogP contribution in [-0.4, -0.2) is 15.9 Å². The van der Waals surface area contributed by atoms with E-state index in [2.05, 4.69) is 15.3 Å². The van der Waals surface area contributed by atoms with Gasteiger partial charge in [0.2, 0.25) is 0 Å². The van der Waals surface area contributed by atoms with Crippen LogP contribution in [0.15, 0.2) is 41.1 Å². The second kappa shape index (κ2) is 5.11. The molecule has 1 aromatic carbocycles. The summed E-state index contributed by atoms with van der Waals surface area (Å²) in [4.78, 5) is 19.6. The summed E-state index contributed by atoms with van der Waals surface area (Å²) in [5, 5.41) is 3.52. The SMILES string of the molecule is O=C(Nc1ncnc(Cl)c1Cl)c1cc2ccccc2o1. The van der Waals surface area contributed by atoms with E-state index in [4.69, 9.17) is 27.6 Å². The van der Waals surface area contributed by atoms with E-state index in [1.807, 2.05) is 18.2 Å². The molecule has 0 radical (unpaired) electrons. The number of nitrogens with zero attached hydrogens (tertiary/aromatic N) is 2. The van der Waals surface area contributed by atoms with E-state index >= 15 is 0 Å². The van der Waals surface area contributed by atoms with Crippen molar-refractivity contribution in [3.8, 4) is 0 Å². The van der Waals surface area contributed by atoms with Gasteiger partial charge in [0.1, 0.15) is 16.9 Å². The Morgan fingerprint density at radius 3 is 2.80 bits per heavy atom. The number of hydrogen-bond donors (Lipinski definition) is 1. The highest BCUT2D eigenvalue weighted by molar-refractivity contribution is 6.43. The Morgan fingerprint density at radius 2 is 2.00 bits per heavy atom. The van der Waals surface area contributed by atoms with Crippen molar-refractivity contribution < 1.29 is 9.21 Å². The molecule has 1 N–H and O–H groups in total. The molecule has 0 saturated heterocycles. The smallest absolute Gasteiger partial charge is 0.292 e. The largest absolute Gasteiger partial charge is 0.451 e. The summed E-state index contributed by atoms with van der Waals surface area (Å²) in [6, 6.07) is 8.96. The van der Waals surface area contributed by atoms with Gasteiger partial charge in [-0.15, -0.1) is 0 Å². The van der Waals surface area contributed by atoms with E-state index in [0.29, 0.717) is 5.58 Å². The Bertz CT molecular complexity index is 768. The van der Waals surface area contributed by atoms with Gasteiger partial charge in [-0.1, -0.05) is 41.4 Å². The van der Waals surface area contributed by atoms with Crippen LogP contribution in [0.4, 0.5) is 5.82 Å². The number of anilines is 1. The molecule has 3 rings (SSSR count). The zero-order valence-electron chi connectivity index (χ0n) is 9.93. The number of amides is 1. The van der Waals surface area contributed by atoms with Crippen LogP contribution in [0.25, 0.3) is 11.0 Å². The summed E-state index contributed by atoms with van der Waals surface area (Å²) in [5.74, 6) is -0.160. The highest BCUT2D eigenvalue weighted by Gasteiger charge is 2.15. The number of furan rings is 1. The number of carbonyl (C=O) groups is 1. The van der Waals surface area contributed by atoms with Gasteiger partial charge in [0.25, 0.3) is 5.91 Å². The van der Waals surface area contributed by atoms with E-state index in [9.17, 15) is 4.79 Å². The molecule has 0 aliphatic carbocycles. The lowest BCUT2D eigenvalue weighted by atomic mass is 10.2. The molecule has 2 aromatic heterocycles. The van der Waals surface area contributed by atoms with Gasteiger partial charge < -0.3 is 9.73 Å². The minimum absolute atomic E-state index is 0.0709. The first kappa shape index (κ1) is 12.9. The molecule has 0 saturated carbocycles. The number of aromatic nitrogens is 2. The van der Waals surface area contributed by atoms with Crippen LogP contribution in [0.5, 0.6) is 0 Å². The number of fused-ring (bicyclic) bond motifs is 1. The topological polar surface area (TPSA) is 68.0 Å². The number of carbonyl (C=O) groups excluding carboxylic acids is 1. The third-order valence-electron chi connectivity index (χ3n) is 2.63. The molecule has 0 fully saturated rings. The lowest BCUT2D eigenvalue weighted by Gasteiger charge is -2.04. The summed E-state index contributed by atoms with van der Waals surface area (Å²) < 4.78 is 5.44. The average molecular weight is 308 g/mol. The summed E-state index contributed by atoms with van der Waals surface area (Å²) in [6.45, 7) is 0. The lowest BCUT2D eigenvalue weighted by molar-refractivity contribution is 0.0998. The number of hydrogen-bond acceptors (Lipinski definition) is 4. The molecule has 2 heterocycles. The van der Waals surface area contributed by atoms with Crippen LogP contribution in [0, 0.1) is 0 Å². The van der Waals surface area contributed by atoms with Gasteiger partial charge in [0, 0.05) is 5.39 Å². The van der Waals surface area contributed by atoms with Gasteiger partial charge in [-0.3, -0.25) is 4.79 Å². The van der Waals surface area contributed by atoms with E-state index in [-0.39, 0.29) is 21.8 Å². The Kier molecular flexibility index (Phi) is 3.30. The molecule has 100 valence electrons. The van der Waals surface area contributed by atoms with Crippen molar-refractivity contribution in [1.29, 1.82) is 0 Å². The van der Waals surface area contributed by atoms with Gasteiger partial charge in [0.05, 0.1) is 0 Å². The molecule has 7 heteroatoms. The summed E-state index contributed by atoms with van der Waals surface area (Å²) >= 11 is 11.7. The van der Waals surface area contributed by atoms with Crippen molar-refractivity contribution in [3.05, 3.63) is 52.6 Å². The standard InChI is InChI=1S/C13H7Cl2N3O2/c14-10-11(15)16-6-17-12(10)18-13(19)9-5-7-3-1-2-4-8(7)20-9/h1-6H,(H,16,17,18,19). The number of halogens is 2. The van der Waals surface area contributed by atoms with Gasteiger partial charge in [-0.05, 0) is 12.1 Å². The predicted octanol–water partition coefficient (Wildman–Crippen LogP) is 3.78.